The van der Waals surface area contributed by atoms with Crippen molar-refractivity contribution in [1.82, 2.24) is 14.5 Å². The Morgan fingerprint density at radius 1 is 1.33 bits per heavy atom. The normalized spacial score (nSPS) is 18.3. The molecule has 2 unspecified atom stereocenters. The summed E-state index contributed by atoms with van der Waals surface area (Å²) in [7, 11) is 0. The van der Waals surface area contributed by atoms with Crippen molar-refractivity contribution < 1.29 is 20.1 Å². The summed E-state index contributed by atoms with van der Waals surface area (Å²) in [6, 6.07) is 2.01. The molecule has 0 bridgehead atoms. The number of hydrogen-bond donors (Lipinski definition) is 4. The predicted molar refractivity (Wildman–Crippen MR) is 129 cm³/mol. The molecule has 178 valence electrons. The van der Waals surface area contributed by atoms with E-state index in [1.807, 2.05) is 23.0 Å². The van der Waals surface area contributed by atoms with Crippen LogP contribution >= 0.6 is 0 Å². The molecule has 1 saturated carbocycles. The molecule has 3 rings (SSSR count). The number of aliphatic hydroxyl groups is 3. The molecule has 33 heavy (non-hydrogen) atoms. The van der Waals surface area contributed by atoms with Gasteiger partial charge in [0.2, 0.25) is 0 Å². The van der Waals surface area contributed by atoms with Crippen molar-refractivity contribution in [2.75, 3.05) is 11.9 Å². The first kappa shape index (κ1) is 26.2. The molecule has 2 atom stereocenters. The van der Waals surface area contributed by atoms with Crippen molar-refractivity contribution in [3.63, 3.8) is 0 Å². The first-order valence-electron chi connectivity index (χ1n) is 10.9. The van der Waals surface area contributed by atoms with Gasteiger partial charge in [-0.2, -0.15) is 0 Å². The minimum atomic E-state index is -1.50. The molecule has 0 amide bonds. The van der Waals surface area contributed by atoms with Crippen LogP contribution in [0.3, 0.4) is 0 Å². The van der Waals surface area contributed by atoms with E-state index in [9.17, 15) is 9.90 Å². The largest absolute Gasteiger partial charge is 0.396 e. The van der Waals surface area contributed by atoms with Crippen LogP contribution in [-0.2, 0) is 6.54 Å². The van der Waals surface area contributed by atoms with Crippen LogP contribution in [0, 0.1) is 5.92 Å². The van der Waals surface area contributed by atoms with E-state index in [2.05, 4.69) is 28.4 Å². The SMILES string of the molecule is C=C/C=C(\C=C)Cn1ccc(C(=O)c2cncnc2NC2CCC(CO)C2)c1.CC(C)(O)O. The molecule has 8 nitrogen and oxygen atoms in total. The number of ketones is 1. The zero-order valence-electron chi connectivity index (χ0n) is 19.3. The number of hydrogen-bond acceptors (Lipinski definition) is 7. The van der Waals surface area contributed by atoms with Gasteiger partial charge in [-0.05, 0) is 50.7 Å². The van der Waals surface area contributed by atoms with Gasteiger partial charge in [0.1, 0.15) is 12.1 Å². The second kappa shape index (κ2) is 12.2. The van der Waals surface area contributed by atoms with Gasteiger partial charge >= 0.3 is 0 Å². The monoisotopic (exact) mass is 454 g/mol. The Morgan fingerprint density at radius 2 is 2.06 bits per heavy atom. The molecular weight excluding hydrogens is 420 g/mol. The molecule has 2 heterocycles. The molecule has 4 N–H and O–H groups in total. The molecule has 0 aromatic carbocycles. The summed E-state index contributed by atoms with van der Waals surface area (Å²) in [6.07, 6.45) is 14.9. The van der Waals surface area contributed by atoms with Gasteiger partial charge in [0.15, 0.2) is 11.6 Å². The van der Waals surface area contributed by atoms with E-state index in [-0.39, 0.29) is 18.4 Å². The topological polar surface area (TPSA) is 121 Å². The van der Waals surface area contributed by atoms with Crippen molar-refractivity contribution in [3.05, 3.63) is 79.1 Å². The number of rotatable bonds is 9. The van der Waals surface area contributed by atoms with E-state index >= 15 is 0 Å². The Labute approximate surface area is 195 Å². The Balaban J connectivity index is 0.000000696. The van der Waals surface area contributed by atoms with E-state index in [0.29, 0.717) is 29.4 Å². The molecule has 2 aromatic heterocycles. The highest BCUT2D eigenvalue weighted by Crippen LogP contribution is 2.28. The first-order valence-corrected chi connectivity index (χ1v) is 10.9. The molecule has 1 aliphatic carbocycles. The highest BCUT2D eigenvalue weighted by atomic mass is 16.5. The number of aromatic nitrogens is 3. The van der Waals surface area contributed by atoms with Crippen molar-refractivity contribution in [2.45, 2.75) is 51.5 Å². The lowest BCUT2D eigenvalue weighted by molar-refractivity contribution is -0.127. The molecule has 0 aliphatic heterocycles. The maximum atomic E-state index is 13.0. The summed E-state index contributed by atoms with van der Waals surface area (Å²) >= 11 is 0. The number of aliphatic hydroxyl groups excluding tert-OH is 1. The van der Waals surface area contributed by atoms with E-state index in [1.54, 1.807) is 24.4 Å². The van der Waals surface area contributed by atoms with Gasteiger partial charge in [-0.3, -0.25) is 4.79 Å². The quantitative estimate of drug-likeness (QED) is 0.261. The fourth-order valence-electron chi connectivity index (χ4n) is 3.55. The molecule has 2 aromatic rings. The lowest BCUT2D eigenvalue weighted by Crippen LogP contribution is -2.19. The van der Waals surface area contributed by atoms with Crippen LogP contribution in [-0.4, -0.2) is 54.1 Å². The van der Waals surface area contributed by atoms with Crippen molar-refractivity contribution >= 4 is 11.6 Å². The third-order valence-corrected chi connectivity index (χ3v) is 5.07. The molecule has 0 radical (unpaired) electrons. The Kier molecular flexibility index (Phi) is 9.72. The zero-order valence-corrected chi connectivity index (χ0v) is 19.3. The molecule has 0 saturated heterocycles. The van der Waals surface area contributed by atoms with Gasteiger partial charge in [-0.15, -0.1) is 0 Å². The minimum absolute atomic E-state index is 0.119. The lowest BCUT2D eigenvalue weighted by atomic mass is 10.1. The number of nitrogens with one attached hydrogen (secondary N) is 1. The van der Waals surface area contributed by atoms with Crippen LogP contribution in [0.4, 0.5) is 5.82 Å². The average Bonchev–Trinajstić information content (AvgIpc) is 3.41. The molecule has 0 spiro atoms. The van der Waals surface area contributed by atoms with Crippen molar-refractivity contribution in [1.29, 1.82) is 0 Å². The number of anilines is 1. The standard InChI is InChI=1S/C22H26N4O2.C3H8O2/c1-3-5-16(4-2)12-26-9-8-18(13-26)21(28)20-11-23-15-24-22(20)25-19-7-6-17(10-19)14-27;1-3(2,4)5/h3-5,8-9,11,13,15,17,19,27H,1-2,6-7,10,12,14H2,(H,23,24,25);4-5H,1-2H3/b16-5+;. The fourth-order valence-corrected chi connectivity index (χ4v) is 3.55. The summed E-state index contributed by atoms with van der Waals surface area (Å²) in [5.41, 5.74) is 2.05. The van der Waals surface area contributed by atoms with Gasteiger partial charge < -0.3 is 25.2 Å². The van der Waals surface area contributed by atoms with Crippen LogP contribution < -0.4 is 5.32 Å². The fraction of sp³-hybridized carbons (Fsp3) is 0.400. The minimum Gasteiger partial charge on any atom is -0.396 e. The van der Waals surface area contributed by atoms with E-state index in [0.717, 1.165) is 24.8 Å². The predicted octanol–water partition coefficient (Wildman–Crippen LogP) is 3.09. The van der Waals surface area contributed by atoms with Gasteiger partial charge in [-0.1, -0.05) is 31.4 Å². The van der Waals surface area contributed by atoms with Crippen LogP contribution in [0.2, 0.25) is 0 Å². The van der Waals surface area contributed by atoms with Crippen LogP contribution in [0.5, 0.6) is 0 Å². The summed E-state index contributed by atoms with van der Waals surface area (Å²) in [4.78, 5) is 21.4. The maximum Gasteiger partial charge on any atom is 0.199 e. The number of carbonyl (C=O) groups is 1. The second-order valence-corrected chi connectivity index (χ2v) is 8.57. The first-order chi connectivity index (χ1) is 15.6. The van der Waals surface area contributed by atoms with E-state index < -0.39 is 5.79 Å². The summed E-state index contributed by atoms with van der Waals surface area (Å²) < 4.78 is 1.93. The number of nitrogens with zero attached hydrogens (tertiary/aromatic N) is 3. The Bertz CT molecular complexity index is 969. The Hall–Kier alpha value is -3.07. The van der Waals surface area contributed by atoms with Gasteiger partial charge in [0.05, 0.1) is 5.56 Å². The van der Waals surface area contributed by atoms with Gasteiger partial charge in [-0.25, -0.2) is 9.97 Å². The Morgan fingerprint density at radius 3 is 2.67 bits per heavy atom. The smallest absolute Gasteiger partial charge is 0.199 e. The van der Waals surface area contributed by atoms with Crippen molar-refractivity contribution in [2.24, 2.45) is 5.92 Å². The highest BCUT2D eigenvalue weighted by molar-refractivity contribution is 6.11. The molecule has 1 fully saturated rings. The highest BCUT2D eigenvalue weighted by Gasteiger charge is 2.26. The molecule has 8 heteroatoms. The summed E-state index contributed by atoms with van der Waals surface area (Å²) in [5.74, 6) is -0.753. The molecule has 1 aliphatic rings. The van der Waals surface area contributed by atoms with Crippen LogP contribution in [0.15, 0.2) is 67.9 Å². The zero-order chi connectivity index (χ0) is 24.4. The average molecular weight is 455 g/mol. The second-order valence-electron chi connectivity index (χ2n) is 8.57. The third kappa shape index (κ3) is 8.76. The number of allylic oxidation sites excluding steroid dienone is 4. The van der Waals surface area contributed by atoms with Crippen LogP contribution in [0.1, 0.15) is 49.0 Å². The van der Waals surface area contributed by atoms with Crippen molar-refractivity contribution in [3.8, 4) is 0 Å². The van der Waals surface area contributed by atoms with Crippen LogP contribution in [0.25, 0.3) is 0 Å². The maximum absolute atomic E-state index is 13.0. The summed E-state index contributed by atoms with van der Waals surface area (Å²) in [6.45, 7) is 10.9. The van der Waals surface area contributed by atoms with E-state index in [4.69, 9.17) is 10.2 Å². The number of carbonyl (C=O) groups excluding carboxylic acids is 1. The summed E-state index contributed by atoms with van der Waals surface area (Å²) in [5, 5.41) is 28.9. The van der Waals surface area contributed by atoms with Gasteiger partial charge in [0, 0.05) is 43.3 Å². The third-order valence-electron chi connectivity index (χ3n) is 5.07. The van der Waals surface area contributed by atoms with E-state index in [1.165, 1.54) is 20.2 Å². The van der Waals surface area contributed by atoms with Gasteiger partial charge in [0.25, 0.3) is 0 Å². The lowest BCUT2D eigenvalue weighted by Gasteiger charge is -2.15. The molecular formula is C25H34N4O4.